The molecule has 0 aliphatic carbocycles. The van der Waals surface area contributed by atoms with Crippen LogP contribution in [-0.2, 0) is 15.3 Å². The van der Waals surface area contributed by atoms with Gasteiger partial charge in [0.25, 0.3) is 0 Å². The summed E-state index contributed by atoms with van der Waals surface area (Å²) in [6.45, 7) is 6.70. The summed E-state index contributed by atoms with van der Waals surface area (Å²) in [5.41, 5.74) is 7.95. The Hall–Kier alpha value is -5.64. The monoisotopic (exact) mass is 629 g/mol. The zero-order valence-corrected chi connectivity index (χ0v) is 27.1. The minimum atomic E-state index is -3.76. The van der Waals surface area contributed by atoms with Crippen molar-refractivity contribution < 1.29 is 8.42 Å². The summed E-state index contributed by atoms with van der Waals surface area (Å²) in [7, 11) is -3.76. The third kappa shape index (κ3) is 4.46. The molecule has 0 saturated carbocycles. The highest BCUT2D eigenvalue weighted by Crippen LogP contribution is 2.43. The number of nitrogens with zero attached hydrogens (tertiary/aromatic N) is 3. The lowest BCUT2D eigenvalue weighted by Crippen LogP contribution is -2.10. The first-order chi connectivity index (χ1) is 22.7. The highest BCUT2D eigenvalue weighted by atomic mass is 32.2. The maximum Gasteiger partial charge on any atom is 0.206 e. The molecule has 6 aromatic carbocycles. The van der Waals surface area contributed by atoms with Crippen LogP contribution in [0.15, 0.2) is 143 Å². The zero-order chi connectivity index (χ0) is 32.5. The Morgan fingerprint density at radius 2 is 1.17 bits per heavy atom. The van der Waals surface area contributed by atoms with Crippen molar-refractivity contribution in [1.82, 2.24) is 9.13 Å². The van der Waals surface area contributed by atoms with Gasteiger partial charge in [-0.15, -0.1) is 0 Å². The fraction of sp³-hybridized carbons (Fsp3) is 0.0976. The second-order valence-electron chi connectivity index (χ2n) is 13.0. The largest absolute Gasteiger partial charge is 0.309 e. The van der Waals surface area contributed by atoms with E-state index in [0.717, 1.165) is 44.2 Å². The molecule has 228 valence electrons. The normalized spacial score (nSPS) is 12.3. The van der Waals surface area contributed by atoms with Crippen LogP contribution in [0.2, 0.25) is 0 Å². The van der Waals surface area contributed by atoms with Crippen molar-refractivity contribution >= 4 is 53.4 Å². The molecule has 0 bridgehead atoms. The Labute approximate surface area is 273 Å². The molecule has 0 saturated heterocycles. The summed E-state index contributed by atoms with van der Waals surface area (Å²) in [5.74, 6) is 0. The minimum Gasteiger partial charge on any atom is -0.309 e. The van der Waals surface area contributed by atoms with Crippen LogP contribution in [0.3, 0.4) is 0 Å². The fourth-order valence-electron chi connectivity index (χ4n) is 6.77. The van der Waals surface area contributed by atoms with Gasteiger partial charge >= 0.3 is 0 Å². The molecule has 0 aliphatic rings. The number of sulfone groups is 1. The molecule has 0 amide bonds. The lowest BCUT2D eigenvalue weighted by Gasteiger charge is -2.19. The third-order valence-electron chi connectivity index (χ3n) is 9.14. The standard InChI is InChI=1S/C41H31N3O2S/c1-41(2,3)28-15-23-37-35(25-28)39-38(24-22-34-33-11-7-8-12-36(33)44(40(34)39)29-9-5-4-6-10-29)43(37)30-16-20-32(21-17-30)47(45,46)31-18-13-27(26-42)14-19-31/h4-25H,1-3H3. The third-order valence-corrected chi connectivity index (χ3v) is 10.9. The van der Waals surface area contributed by atoms with Crippen LogP contribution in [0.5, 0.6) is 0 Å². The number of nitriles is 1. The van der Waals surface area contributed by atoms with Crippen LogP contribution < -0.4 is 0 Å². The van der Waals surface area contributed by atoms with E-state index in [-0.39, 0.29) is 15.2 Å². The Balaban J connectivity index is 1.43. The van der Waals surface area contributed by atoms with Crippen LogP contribution >= 0.6 is 0 Å². The van der Waals surface area contributed by atoms with Crippen molar-refractivity contribution in [2.24, 2.45) is 0 Å². The predicted octanol–water partition coefficient (Wildman–Crippen LogP) is 9.88. The summed E-state index contributed by atoms with van der Waals surface area (Å²) >= 11 is 0. The predicted molar refractivity (Wildman–Crippen MR) is 190 cm³/mol. The summed E-state index contributed by atoms with van der Waals surface area (Å²) in [4.78, 5) is 0.361. The van der Waals surface area contributed by atoms with Crippen molar-refractivity contribution in [2.45, 2.75) is 36.0 Å². The molecule has 0 atom stereocenters. The molecule has 8 aromatic rings. The molecular formula is C41H31N3O2S. The SMILES string of the molecule is CC(C)(C)c1ccc2c(c1)c1c(ccc3c4ccccc4n(-c4ccccc4)c31)n2-c1ccc(S(=O)(=O)c2ccc(C#N)cc2)cc1. The second kappa shape index (κ2) is 10.4. The number of para-hydroxylation sites is 2. The fourth-order valence-corrected chi connectivity index (χ4v) is 8.03. The van der Waals surface area contributed by atoms with Gasteiger partial charge in [0.2, 0.25) is 9.84 Å². The van der Waals surface area contributed by atoms with Gasteiger partial charge in [-0.2, -0.15) is 5.26 Å². The number of benzene rings is 6. The number of hydrogen-bond acceptors (Lipinski definition) is 3. The van der Waals surface area contributed by atoms with E-state index in [1.165, 1.54) is 40.6 Å². The number of aromatic nitrogens is 2. The molecule has 5 nitrogen and oxygen atoms in total. The molecule has 0 N–H and O–H groups in total. The Morgan fingerprint density at radius 1 is 0.574 bits per heavy atom. The molecule has 0 radical (unpaired) electrons. The van der Waals surface area contributed by atoms with Crippen molar-refractivity contribution in [3.8, 4) is 17.4 Å². The van der Waals surface area contributed by atoms with Gasteiger partial charge in [-0.3, -0.25) is 0 Å². The van der Waals surface area contributed by atoms with Crippen LogP contribution in [0.25, 0.3) is 55.0 Å². The average molecular weight is 630 g/mol. The van der Waals surface area contributed by atoms with E-state index >= 15 is 0 Å². The molecule has 8 rings (SSSR count). The van der Waals surface area contributed by atoms with Crippen LogP contribution in [0.1, 0.15) is 31.9 Å². The van der Waals surface area contributed by atoms with Crippen LogP contribution in [0, 0.1) is 11.3 Å². The lowest BCUT2D eigenvalue weighted by molar-refractivity contribution is 0.591. The molecule has 47 heavy (non-hydrogen) atoms. The van der Waals surface area contributed by atoms with Gasteiger partial charge in [-0.1, -0.05) is 69.3 Å². The molecule has 0 aliphatic heterocycles. The maximum atomic E-state index is 13.5. The summed E-state index contributed by atoms with van der Waals surface area (Å²) in [6.07, 6.45) is 0. The molecule has 0 fully saturated rings. The van der Waals surface area contributed by atoms with Crippen molar-refractivity contribution in [2.75, 3.05) is 0 Å². The smallest absolute Gasteiger partial charge is 0.206 e. The van der Waals surface area contributed by atoms with E-state index in [1.807, 2.05) is 24.3 Å². The number of rotatable bonds is 4. The van der Waals surface area contributed by atoms with Gasteiger partial charge in [0, 0.05) is 32.9 Å². The highest BCUT2D eigenvalue weighted by Gasteiger charge is 2.24. The summed E-state index contributed by atoms with van der Waals surface area (Å²) in [6, 6.07) is 45.3. The molecule has 2 aromatic heterocycles. The van der Waals surface area contributed by atoms with E-state index in [0.29, 0.717) is 5.56 Å². The quantitative estimate of drug-likeness (QED) is 0.195. The number of hydrogen-bond donors (Lipinski definition) is 0. The van der Waals surface area contributed by atoms with Crippen LogP contribution in [0.4, 0.5) is 0 Å². The Kier molecular flexibility index (Phi) is 6.40. The topological polar surface area (TPSA) is 67.8 Å². The Bertz CT molecular complexity index is 2650. The molecule has 0 spiro atoms. The van der Waals surface area contributed by atoms with E-state index in [2.05, 4.69) is 109 Å². The minimum absolute atomic E-state index is 0.0515. The first-order valence-electron chi connectivity index (χ1n) is 15.6. The van der Waals surface area contributed by atoms with E-state index < -0.39 is 9.84 Å². The maximum absolute atomic E-state index is 13.5. The van der Waals surface area contributed by atoms with Gasteiger partial charge in [-0.05, 0) is 95.9 Å². The van der Waals surface area contributed by atoms with Gasteiger partial charge < -0.3 is 9.13 Å². The second-order valence-corrected chi connectivity index (χ2v) is 14.9. The molecule has 0 unspecified atom stereocenters. The van der Waals surface area contributed by atoms with Gasteiger partial charge in [-0.25, -0.2) is 8.42 Å². The van der Waals surface area contributed by atoms with Gasteiger partial charge in [0.05, 0.1) is 43.5 Å². The molecule has 2 heterocycles. The van der Waals surface area contributed by atoms with Crippen molar-refractivity contribution in [3.05, 3.63) is 145 Å². The van der Waals surface area contributed by atoms with E-state index in [9.17, 15) is 8.42 Å². The summed E-state index contributed by atoms with van der Waals surface area (Å²) in [5, 5.41) is 13.8. The van der Waals surface area contributed by atoms with Gasteiger partial charge in [0.1, 0.15) is 0 Å². The molecular weight excluding hydrogens is 599 g/mol. The Morgan fingerprint density at radius 3 is 1.85 bits per heavy atom. The van der Waals surface area contributed by atoms with Crippen molar-refractivity contribution in [3.63, 3.8) is 0 Å². The first-order valence-corrected chi connectivity index (χ1v) is 17.1. The lowest BCUT2D eigenvalue weighted by atomic mass is 9.86. The average Bonchev–Trinajstić information content (AvgIpc) is 3.61. The van der Waals surface area contributed by atoms with E-state index in [4.69, 9.17) is 5.26 Å². The number of fused-ring (bicyclic) bond motifs is 7. The molecule has 6 heteroatoms. The van der Waals surface area contributed by atoms with Gasteiger partial charge in [0.15, 0.2) is 0 Å². The van der Waals surface area contributed by atoms with Crippen LogP contribution in [-0.4, -0.2) is 17.6 Å². The summed E-state index contributed by atoms with van der Waals surface area (Å²) < 4.78 is 31.6. The van der Waals surface area contributed by atoms with E-state index in [1.54, 1.807) is 12.1 Å². The zero-order valence-electron chi connectivity index (χ0n) is 26.3. The van der Waals surface area contributed by atoms with Crippen molar-refractivity contribution in [1.29, 1.82) is 5.26 Å². The first kappa shape index (κ1) is 28.8. The highest BCUT2D eigenvalue weighted by molar-refractivity contribution is 7.91.